The van der Waals surface area contributed by atoms with Gasteiger partial charge in [0.15, 0.2) is 0 Å². The van der Waals surface area contributed by atoms with Crippen LogP contribution in [-0.4, -0.2) is 16.5 Å². The zero-order valence-electron chi connectivity index (χ0n) is 9.56. The molecule has 1 heterocycles. The SMILES string of the molecule is COc1ccc(Oc2nc(C(F)(F)F)ns2)cc1N. The van der Waals surface area contributed by atoms with Gasteiger partial charge in [-0.1, -0.05) is 0 Å². The maximum atomic E-state index is 12.3. The topological polar surface area (TPSA) is 70.3 Å². The van der Waals surface area contributed by atoms with Gasteiger partial charge < -0.3 is 15.2 Å². The molecular weight excluding hydrogens is 283 g/mol. The summed E-state index contributed by atoms with van der Waals surface area (Å²) in [6.45, 7) is 0. The first-order chi connectivity index (χ1) is 8.90. The standard InChI is InChI=1S/C10H8F3N3O2S/c1-17-7-3-2-5(4-6(7)14)18-9-15-8(16-19-9)10(11,12)13/h2-4H,14H2,1H3. The number of methoxy groups -OCH3 is 1. The number of nitrogens with zero attached hydrogens (tertiary/aromatic N) is 2. The summed E-state index contributed by atoms with van der Waals surface area (Å²) in [5.41, 5.74) is 5.95. The smallest absolute Gasteiger partial charge is 0.452 e. The van der Waals surface area contributed by atoms with Gasteiger partial charge in [0.1, 0.15) is 11.5 Å². The molecule has 2 N–H and O–H groups in total. The Balaban J connectivity index is 2.17. The first kappa shape index (κ1) is 13.4. The van der Waals surface area contributed by atoms with Crippen LogP contribution in [0.5, 0.6) is 16.7 Å². The molecule has 0 bridgehead atoms. The summed E-state index contributed by atoms with van der Waals surface area (Å²) >= 11 is 0.512. The van der Waals surface area contributed by atoms with E-state index in [1.54, 1.807) is 0 Å². The Morgan fingerprint density at radius 2 is 2.05 bits per heavy atom. The van der Waals surface area contributed by atoms with Crippen molar-refractivity contribution in [1.82, 2.24) is 9.36 Å². The summed E-state index contributed by atoms with van der Waals surface area (Å²) in [4.78, 5) is 3.24. The number of nitrogens with two attached hydrogens (primary N) is 1. The second-order valence-corrected chi connectivity index (χ2v) is 4.10. The third kappa shape index (κ3) is 3.05. The van der Waals surface area contributed by atoms with Gasteiger partial charge in [0.05, 0.1) is 12.8 Å². The number of anilines is 1. The molecule has 2 aromatic rings. The van der Waals surface area contributed by atoms with Crippen LogP contribution in [0.4, 0.5) is 18.9 Å². The van der Waals surface area contributed by atoms with E-state index in [9.17, 15) is 13.2 Å². The van der Waals surface area contributed by atoms with E-state index in [-0.39, 0.29) is 10.9 Å². The van der Waals surface area contributed by atoms with E-state index < -0.39 is 12.0 Å². The third-order valence-corrected chi connectivity index (χ3v) is 2.66. The minimum absolute atomic E-state index is 0.211. The number of rotatable bonds is 3. The first-order valence-corrected chi connectivity index (χ1v) is 5.70. The maximum absolute atomic E-state index is 12.3. The molecule has 0 saturated heterocycles. The molecule has 19 heavy (non-hydrogen) atoms. The highest BCUT2D eigenvalue weighted by atomic mass is 32.1. The highest BCUT2D eigenvalue weighted by Gasteiger charge is 2.36. The van der Waals surface area contributed by atoms with Gasteiger partial charge in [-0.3, -0.25) is 0 Å². The van der Waals surface area contributed by atoms with E-state index in [0.717, 1.165) is 0 Å². The molecule has 0 spiro atoms. The normalized spacial score (nSPS) is 11.4. The number of hydrogen-bond donors (Lipinski definition) is 1. The average molecular weight is 291 g/mol. The van der Waals surface area contributed by atoms with Crippen molar-refractivity contribution >= 4 is 17.2 Å². The number of nitrogen functional groups attached to an aromatic ring is 1. The Morgan fingerprint density at radius 3 is 2.58 bits per heavy atom. The van der Waals surface area contributed by atoms with Crippen LogP contribution in [0.15, 0.2) is 18.2 Å². The van der Waals surface area contributed by atoms with Crippen molar-refractivity contribution in [2.75, 3.05) is 12.8 Å². The number of aromatic nitrogens is 2. The molecule has 1 aromatic heterocycles. The summed E-state index contributed by atoms with van der Waals surface area (Å²) in [7, 11) is 1.45. The molecule has 0 unspecified atom stereocenters. The van der Waals surface area contributed by atoms with Crippen LogP contribution in [0.25, 0.3) is 0 Å². The number of alkyl halides is 3. The number of benzene rings is 1. The van der Waals surface area contributed by atoms with Gasteiger partial charge in [0.2, 0.25) is 0 Å². The molecule has 9 heteroatoms. The zero-order valence-corrected chi connectivity index (χ0v) is 10.4. The fourth-order valence-electron chi connectivity index (χ4n) is 1.24. The predicted molar refractivity (Wildman–Crippen MR) is 62.4 cm³/mol. The molecule has 0 radical (unpaired) electrons. The maximum Gasteiger partial charge on any atom is 0.452 e. The fraction of sp³-hybridized carbons (Fsp3) is 0.200. The average Bonchev–Trinajstić information content (AvgIpc) is 2.77. The van der Waals surface area contributed by atoms with Crippen LogP contribution in [0, 0.1) is 0 Å². The van der Waals surface area contributed by atoms with Crippen molar-refractivity contribution in [1.29, 1.82) is 0 Å². The lowest BCUT2D eigenvalue weighted by Gasteiger charge is -2.06. The van der Waals surface area contributed by atoms with Gasteiger partial charge in [-0.15, -0.1) is 0 Å². The van der Waals surface area contributed by atoms with Crippen LogP contribution in [0.2, 0.25) is 0 Å². The Bertz CT molecular complexity index is 586. The van der Waals surface area contributed by atoms with E-state index >= 15 is 0 Å². The lowest BCUT2D eigenvalue weighted by Crippen LogP contribution is -2.06. The van der Waals surface area contributed by atoms with E-state index in [2.05, 4.69) is 9.36 Å². The minimum atomic E-state index is -4.59. The van der Waals surface area contributed by atoms with Crippen molar-refractivity contribution in [2.45, 2.75) is 6.18 Å². The molecule has 0 aliphatic rings. The molecule has 0 fully saturated rings. The second-order valence-electron chi connectivity index (χ2n) is 3.39. The monoisotopic (exact) mass is 291 g/mol. The number of hydrogen-bond acceptors (Lipinski definition) is 6. The molecule has 2 rings (SSSR count). The van der Waals surface area contributed by atoms with Crippen molar-refractivity contribution in [3.8, 4) is 16.7 Å². The van der Waals surface area contributed by atoms with E-state index in [1.807, 2.05) is 0 Å². The van der Waals surface area contributed by atoms with E-state index in [4.69, 9.17) is 15.2 Å². The lowest BCUT2D eigenvalue weighted by atomic mass is 10.3. The number of halogens is 3. The molecule has 0 atom stereocenters. The van der Waals surface area contributed by atoms with Crippen LogP contribution < -0.4 is 15.2 Å². The Morgan fingerprint density at radius 1 is 1.32 bits per heavy atom. The minimum Gasteiger partial charge on any atom is -0.495 e. The van der Waals surface area contributed by atoms with Gasteiger partial charge in [-0.05, 0) is 12.1 Å². The van der Waals surface area contributed by atoms with Gasteiger partial charge in [-0.25, -0.2) is 0 Å². The van der Waals surface area contributed by atoms with E-state index in [1.165, 1.54) is 25.3 Å². The lowest BCUT2D eigenvalue weighted by molar-refractivity contribution is -0.144. The van der Waals surface area contributed by atoms with Crippen molar-refractivity contribution < 1.29 is 22.6 Å². The Labute approximate surface area is 110 Å². The molecule has 102 valence electrons. The van der Waals surface area contributed by atoms with Crippen LogP contribution in [0.3, 0.4) is 0 Å². The fourth-order valence-corrected chi connectivity index (χ4v) is 1.81. The van der Waals surface area contributed by atoms with Gasteiger partial charge in [0, 0.05) is 17.6 Å². The van der Waals surface area contributed by atoms with Crippen LogP contribution in [0.1, 0.15) is 5.82 Å². The zero-order chi connectivity index (χ0) is 14.0. The van der Waals surface area contributed by atoms with Crippen molar-refractivity contribution in [3.63, 3.8) is 0 Å². The summed E-state index contributed by atoms with van der Waals surface area (Å²) in [6.07, 6.45) is -4.59. The largest absolute Gasteiger partial charge is 0.495 e. The summed E-state index contributed by atoms with van der Waals surface area (Å²) in [6, 6.07) is 4.47. The molecular formula is C10H8F3N3O2S. The number of ether oxygens (including phenoxy) is 2. The molecule has 0 amide bonds. The summed E-state index contributed by atoms with van der Waals surface area (Å²) < 4.78 is 50.1. The second kappa shape index (κ2) is 4.92. The highest BCUT2D eigenvalue weighted by molar-refractivity contribution is 7.07. The van der Waals surface area contributed by atoms with Crippen LogP contribution >= 0.6 is 11.5 Å². The Hall–Kier alpha value is -2.03. The molecule has 0 saturated carbocycles. The quantitative estimate of drug-likeness (QED) is 0.880. The predicted octanol–water partition coefficient (Wildman–Crippen LogP) is 2.94. The third-order valence-electron chi connectivity index (χ3n) is 2.07. The molecule has 0 aliphatic carbocycles. The highest BCUT2D eigenvalue weighted by Crippen LogP contribution is 2.33. The summed E-state index contributed by atoms with van der Waals surface area (Å²) in [5.74, 6) is -0.530. The van der Waals surface area contributed by atoms with Gasteiger partial charge in [-0.2, -0.15) is 22.5 Å². The van der Waals surface area contributed by atoms with Crippen molar-refractivity contribution in [2.24, 2.45) is 0 Å². The molecule has 0 aliphatic heterocycles. The summed E-state index contributed by atoms with van der Waals surface area (Å²) in [5, 5.41) is -0.211. The van der Waals surface area contributed by atoms with Gasteiger partial charge >= 0.3 is 6.18 Å². The Kier molecular flexibility index (Phi) is 3.47. The first-order valence-electron chi connectivity index (χ1n) is 4.92. The van der Waals surface area contributed by atoms with Crippen LogP contribution in [-0.2, 0) is 6.18 Å². The van der Waals surface area contributed by atoms with E-state index in [0.29, 0.717) is 23.0 Å². The van der Waals surface area contributed by atoms with Crippen molar-refractivity contribution in [3.05, 3.63) is 24.0 Å². The molecule has 5 nitrogen and oxygen atoms in total. The molecule has 1 aromatic carbocycles. The van der Waals surface area contributed by atoms with Gasteiger partial charge in [0.25, 0.3) is 11.0 Å².